The topological polar surface area (TPSA) is 69.2 Å². The first-order valence-electron chi connectivity index (χ1n) is 8.93. The quantitative estimate of drug-likeness (QED) is 0.536. The maximum atomic E-state index is 12.1. The average Bonchev–Trinajstić information content (AvgIpc) is 2.68. The molecule has 0 fully saturated rings. The van der Waals surface area contributed by atoms with Gasteiger partial charge in [-0.1, -0.05) is 30.3 Å². The fraction of sp³-hybridized carbons (Fsp3) is 0.333. The Bertz CT molecular complexity index is 803. The molecule has 0 saturated heterocycles. The number of rotatable bonds is 9. The molecule has 0 spiro atoms. The molecule has 1 amide bonds. The van der Waals surface area contributed by atoms with Crippen molar-refractivity contribution in [2.45, 2.75) is 27.2 Å². The summed E-state index contributed by atoms with van der Waals surface area (Å²) in [5, 5.41) is 6.75. The highest BCUT2D eigenvalue weighted by atomic mass is 16.6. The maximum Gasteiger partial charge on any atom is 0.265 e. The van der Waals surface area contributed by atoms with Crippen molar-refractivity contribution >= 4 is 17.8 Å². The highest BCUT2D eigenvalue weighted by Crippen LogP contribution is 2.27. The van der Waals surface area contributed by atoms with Gasteiger partial charge in [0.05, 0.1) is 19.9 Å². The number of ether oxygens (including phenoxy) is 2. The molecule has 2 rings (SSSR count). The van der Waals surface area contributed by atoms with Gasteiger partial charge >= 0.3 is 0 Å². The van der Waals surface area contributed by atoms with Crippen LogP contribution in [0.4, 0.5) is 5.69 Å². The summed E-state index contributed by atoms with van der Waals surface area (Å²) in [4.78, 5) is 17.2. The summed E-state index contributed by atoms with van der Waals surface area (Å²) < 4.78 is 10.8. The van der Waals surface area contributed by atoms with Crippen LogP contribution in [0.3, 0.4) is 0 Å². The molecular formula is C21H26N2O4. The van der Waals surface area contributed by atoms with Gasteiger partial charge in [0.1, 0.15) is 0 Å². The van der Waals surface area contributed by atoms with E-state index in [1.807, 2.05) is 38.1 Å². The monoisotopic (exact) mass is 370 g/mol. The Morgan fingerprint density at radius 1 is 1.19 bits per heavy atom. The van der Waals surface area contributed by atoms with Crippen LogP contribution in [0.1, 0.15) is 30.5 Å². The second-order valence-corrected chi connectivity index (χ2v) is 5.86. The van der Waals surface area contributed by atoms with Crippen LogP contribution in [0.5, 0.6) is 11.5 Å². The Hall–Kier alpha value is -3.02. The van der Waals surface area contributed by atoms with Gasteiger partial charge in [-0.3, -0.25) is 4.79 Å². The predicted octanol–water partition coefficient (Wildman–Crippen LogP) is 3.95. The van der Waals surface area contributed by atoms with Crippen LogP contribution in [0.25, 0.3) is 0 Å². The molecule has 0 unspecified atom stereocenters. The number of hydrogen-bond donors (Lipinski definition) is 1. The molecule has 6 nitrogen and oxygen atoms in total. The number of carbonyl (C=O) groups excluding carboxylic acids is 1. The van der Waals surface area contributed by atoms with E-state index < -0.39 is 0 Å². The minimum Gasteiger partial charge on any atom is -0.493 e. The summed E-state index contributed by atoms with van der Waals surface area (Å²) in [6.45, 7) is 6.32. The molecule has 0 saturated carbocycles. The highest BCUT2D eigenvalue weighted by Gasteiger charge is 2.09. The van der Waals surface area contributed by atoms with Crippen LogP contribution in [0, 0.1) is 6.92 Å². The van der Waals surface area contributed by atoms with E-state index in [0.29, 0.717) is 18.1 Å². The normalized spacial score (nSPS) is 10.7. The number of hydrogen-bond acceptors (Lipinski definition) is 5. The first-order valence-corrected chi connectivity index (χ1v) is 8.93. The molecule has 1 N–H and O–H groups in total. The summed E-state index contributed by atoms with van der Waals surface area (Å²) in [6, 6.07) is 11.4. The van der Waals surface area contributed by atoms with Gasteiger partial charge in [-0.2, -0.15) is 0 Å². The lowest BCUT2D eigenvalue weighted by atomic mass is 10.1. The summed E-state index contributed by atoms with van der Waals surface area (Å²) in [5.41, 5.74) is 3.73. The van der Waals surface area contributed by atoms with Gasteiger partial charge in [0, 0.05) is 11.3 Å². The highest BCUT2D eigenvalue weighted by molar-refractivity contribution is 5.93. The molecule has 27 heavy (non-hydrogen) atoms. The van der Waals surface area contributed by atoms with Gasteiger partial charge < -0.3 is 19.6 Å². The van der Waals surface area contributed by atoms with Crippen molar-refractivity contribution in [3.8, 4) is 11.5 Å². The van der Waals surface area contributed by atoms with Crippen molar-refractivity contribution in [2.24, 2.45) is 5.16 Å². The van der Waals surface area contributed by atoms with Crippen LogP contribution < -0.4 is 14.8 Å². The smallest absolute Gasteiger partial charge is 0.265 e. The number of carbonyl (C=O) groups is 1. The number of anilines is 1. The van der Waals surface area contributed by atoms with E-state index >= 15 is 0 Å². The molecule has 0 aliphatic carbocycles. The zero-order valence-corrected chi connectivity index (χ0v) is 16.2. The minimum absolute atomic E-state index is 0.165. The van der Waals surface area contributed by atoms with Gasteiger partial charge in [0.2, 0.25) is 0 Å². The summed E-state index contributed by atoms with van der Waals surface area (Å²) >= 11 is 0. The Morgan fingerprint density at radius 2 is 2.00 bits per heavy atom. The lowest BCUT2D eigenvalue weighted by Crippen LogP contribution is -2.18. The maximum absolute atomic E-state index is 12.1. The first kappa shape index (κ1) is 20.3. The lowest BCUT2D eigenvalue weighted by molar-refractivity contribution is -0.120. The van der Waals surface area contributed by atoms with Crippen LogP contribution in [-0.2, 0) is 16.1 Å². The molecule has 6 heteroatoms. The van der Waals surface area contributed by atoms with Crippen molar-refractivity contribution in [2.75, 3.05) is 25.6 Å². The fourth-order valence-corrected chi connectivity index (χ4v) is 2.61. The molecule has 0 aliphatic heterocycles. The van der Waals surface area contributed by atoms with Gasteiger partial charge in [-0.05, 0) is 49.6 Å². The number of benzene rings is 2. The third-order valence-electron chi connectivity index (χ3n) is 3.96. The van der Waals surface area contributed by atoms with Crippen molar-refractivity contribution in [1.29, 1.82) is 0 Å². The van der Waals surface area contributed by atoms with E-state index in [-0.39, 0.29) is 12.5 Å². The Labute approximate surface area is 160 Å². The fourth-order valence-electron chi connectivity index (χ4n) is 2.61. The number of methoxy groups -OCH3 is 1. The Kier molecular flexibility index (Phi) is 7.67. The number of aryl methyl sites for hydroxylation is 2. The number of nitrogens with one attached hydrogen (secondary N) is 1. The summed E-state index contributed by atoms with van der Waals surface area (Å²) in [6.07, 6.45) is 2.37. The molecule has 0 bridgehead atoms. The molecule has 0 atom stereocenters. The van der Waals surface area contributed by atoms with Crippen molar-refractivity contribution < 1.29 is 19.1 Å². The molecule has 0 radical (unpaired) electrons. The molecule has 0 aliphatic rings. The van der Waals surface area contributed by atoms with Crippen LogP contribution in [0.15, 0.2) is 41.6 Å². The standard InChI is InChI=1S/C21H26N2O4/c1-5-17-9-7-8-15(3)21(17)23-20(24)14-27-22-13-16-10-11-18(26-6-2)19(12-16)25-4/h7-13H,5-6,14H2,1-4H3,(H,23,24)/b22-13+. The van der Waals surface area contributed by atoms with Crippen LogP contribution >= 0.6 is 0 Å². The van der Waals surface area contributed by atoms with E-state index in [9.17, 15) is 4.79 Å². The van der Waals surface area contributed by atoms with Gasteiger partial charge in [-0.25, -0.2) is 0 Å². The molecule has 2 aromatic rings. The van der Waals surface area contributed by atoms with Crippen LogP contribution in [-0.4, -0.2) is 32.4 Å². The molecular weight excluding hydrogens is 344 g/mol. The largest absolute Gasteiger partial charge is 0.493 e. The first-order chi connectivity index (χ1) is 13.1. The second-order valence-electron chi connectivity index (χ2n) is 5.86. The lowest BCUT2D eigenvalue weighted by Gasteiger charge is -2.12. The number of para-hydroxylation sites is 1. The zero-order valence-electron chi connectivity index (χ0n) is 16.2. The SMILES string of the molecule is CCOc1ccc(/C=N/OCC(=O)Nc2c(C)cccc2CC)cc1OC. The molecule has 2 aromatic carbocycles. The van der Waals surface area contributed by atoms with E-state index in [2.05, 4.69) is 17.4 Å². The zero-order chi connectivity index (χ0) is 19.6. The van der Waals surface area contributed by atoms with Crippen molar-refractivity contribution in [3.63, 3.8) is 0 Å². The van der Waals surface area contributed by atoms with Gasteiger partial charge in [-0.15, -0.1) is 0 Å². The minimum atomic E-state index is -0.250. The third kappa shape index (κ3) is 5.74. The van der Waals surface area contributed by atoms with E-state index in [1.54, 1.807) is 19.2 Å². The molecule has 0 heterocycles. The Balaban J connectivity index is 1.91. The van der Waals surface area contributed by atoms with Gasteiger partial charge in [0.25, 0.3) is 5.91 Å². The summed E-state index contributed by atoms with van der Waals surface area (Å²) in [5.74, 6) is 1.04. The predicted molar refractivity (Wildman–Crippen MR) is 107 cm³/mol. The molecule has 0 aromatic heterocycles. The number of amides is 1. The van der Waals surface area contributed by atoms with E-state index in [4.69, 9.17) is 14.3 Å². The second kappa shape index (κ2) is 10.2. The Morgan fingerprint density at radius 3 is 2.70 bits per heavy atom. The third-order valence-corrected chi connectivity index (χ3v) is 3.96. The van der Waals surface area contributed by atoms with E-state index in [0.717, 1.165) is 28.8 Å². The van der Waals surface area contributed by atoms with E-state index in [1.165, 1.54) is 6.21 Å². The number of nitrogens with zero attached hydrogens (tertiary/aromatic N) is 1. The van der Waals surface area contributed by atoms with Gasteiger partial charge in [0.15, 0.2) is 18.1 Å². The number of oxime groups is 1. The van der Waals surface area contributed by atoms with Crippen LogP contribution in [0.2, 0.25) is 0 Å². The molecule has 144 valence electrons. The van der Waals surface area contributed by atoms with Crippen molar-refractivity contribution in [1.82, 2.24) is 0 Å². The average molecular weight is 370 g/mol. The summed E-state index contributed by atoms with van der Waals surface area (Å²) in [7, 11) is 1.58. The van der Waals surface area contributed by atoms with Crippen molar-refractivity contribution in [3.05, 3.63) is 53.1 Å².